The number of aryl methyl sites for hydroxylation is 1. The lowest BCUT2D eigenvalue weighted by molar-refractivity contribution is -0.121. The Morgan fingerprint density at radius 2 is 1.81 bits per heavy atom. The van der Waals surface area contributed by atoms with Crippen LogP contribution in [0.4, 0.5) is 4.39 Å². The van der Waals surface area contributed by atoms with Crippen molar-refractivity contribution < 1.29 is 9.18 Å². The Hall–Kier alpha value is -3.72. The number of hydrogen-bond donors (Lipinski definition) is 1. The summed E-state index contributed by atoms with van der Waals surface area (Å²) < 4.78 is 16.8. The lowest BCUT2D eigenvalue weighted by Crippen LogP contribution is -2.42. The normalized spacial score (nSPS) is 11.1. The van der Waals surface area contributed by atoms with Gasteiger partial charge in [-0.3, -0.25) is 23.4 Å². The maximum atomic E-state index is 13.2. The first-order valence-electron chi connectivity index (χ1n) is 9.75. The number of amides is 1. The zero-order chi connectivity index (χ0) is 22.8. The number of carbonyl (C=O) groups is 1. The van der Waals surface area contributed by atoms with Gasteiger partial charge >= 0.3 is 5.69 Å². The van der Waals surface area contributed by atoms with Crippen LogP contribution in [-0.2, 0) is 31.5 Å². The van der Waals surface area contributed by atoms with E-state index in [1.54, 1.807) is 25.2 Å². The highest BCUT2D eigenvalue weighted by Crippen LogP contribution is 2.14. The predicted octanol–water partition coefficient (Wildman–Crippen LogP) is 2.05. The fraction of sp³-hybridized carbons (Fsp3) is 0.182. The number of nitrogens with zero attached hydrogens (tertiary/aromatic N) is 4. The van der Waals surface area contributed by atoms with Gasteiger partial charge in [-0.2, -0.15) is 5.10 Å². The number of nitrogens with one attached hydrogen (secondary N) is 1. The van der Waals surface area contributed by atoms with Gasteiger partial charge in [-0.25, -0.2) is 9.18 Å². The van der Waals surface area contributed by atoms with Gasteiger partial charge in [0.05, 0.1) is 12.1 Å². The van der Waals surface area contributed by atoms with Crippen molar-refractivity contribution in [2.75, 3.05) is 0 Å². The van der Waals surface area contributed by atoms with Gasteiger partial charge in [-0.05, 0) is 29.3 Å². The Labute approximate surface area is 186 Å². The second-order valence-corrected chi connectivity index (χ2v) is 7.70. The van der Waals surface area contributed by atoms with E-state index in [0.29, 0.717) is 10.6 Å². The van der Waals surface area contributed by atoms with Crippen molar-refractivity contribution >= 4 is 28.5 Å². The molecule has 2 aromatic carbocycles. The van der Waals surface area contributed by atoms with Gasteiger partial charge in [0.25, 0.3) is 5.56 Å². The van der Waals surface area contributed by atoms with Crippen LogP contribution < -0.4 is 16.6 Å². The lowest BCUT2D eigenvalue weighted by atomic mass is 10.2. The molecule has 32 heavy (non-hydrogen) atoms. The summed E-state index contributed by atoms with van der Waals surface area (Å²) in [6, 6.07) is 12.6. The molecule has 0 radical (unpaired) electrons. The number of hydrogen-bond acceptors (Lipinski definition) is 4. The average Bonchev–Trinajstić information content (AvgIpc) is 3.16. The van der Waals surface area contributed by atoms with Crippen molar-refractivity contribution in [2.45, 2.75) is 19.6 Å². The van der Waals surface area contributed by atoms with E-state index in [-0.39, 0.29) is 30.7 Å². The van der Waals surface area contributed by atoms with Crippen LogP contribution >= 0.6 is 11.6 Å². The van der Waals surface area contributed by atoms with E-state index in [1.165, 1.54) is 39.7 Å². The average molecular weight is 456 g/mol. The summed E-state index contributed by atoms with van der Waals surface area (Å²) in [5, 5.41) is 7.42. The first-order chi connectivity index (χ1) is 15.3. The van der Waals surface area contributed by atoms with Gasteiger partial charge in [-0.1, -0.05) is 41.9 Å². The smallest absolute Gasteiger partial charge is 0.332 e. The third kappa shape index (κ3) is 4.33. The Bertz CT molecular complexity index is 1420. The van der Waals surface area contributed by atoms with Crippen LogP contribution in [0.15, 0.2) is 64.3 Å². The maximum Gasteiger partial charge on any atom is 0.332 e. The third-order valence-corrected chi connectivity index (χ3v) is 5.37. The van der Waals surface area contributed by atoms with E-state index >= 15 is 0 Å². The van der Waals surface area contributed by atoms with Crippen LogP contribution in [0.2, 0.25) is 5.02 Å². The van der Waals surface area contributed by atoms with Crippen molar-refractivity contribution in [3.63, 3.8) is 0 Å². The summed E-state index contributed by atoms with van der Waals surface area (Å²) >= 11 is 6.12. The zero-order valence-electron chi connectivity index (χ0n) is 17.1. The van der Waals surface area contributed by atoms with E-state index in [4.69, 9.17) is 11.6 Å². The number of halogens is 2. The quantitative estimate of drug-likeness (QED) is 0.482. The van der Waals surface area contributed by atoms with Crippen molar-refractivity contribution in [1.82, 2.24) is 24.2 Å². The van der Waals surface area contributed by atoms with Gasteiger partial charge in [0.1, 0.15) is 12.4 Å². The summed E-state index contributed by atoms with van der Waals surface area (Å²) in [5.41, 5.74) is 0.382. The van der Waals surface area contributed by atoms with Crippen molar-refractivity contribution in [2.24, 2.45) is 7.05 Å². The molecule has 0 fully saturated rings. The van der Waals surface area contributed by atoms with Gasteiger partial charge in [0, 0.05) is 24.8 Å². The highest BCUT2D eigenvalue weighted by Gasteiger charge is 2.18. The summed E-state index contributed by atoms with van der Waals surface area (Å²) in [4.78, 5) is 38.7. The summed E-state index contributed by atoms with van der Waals surface area (Å²) in [6.45, 7) is -0.195. The van der Waals surface area contributed by atoms with Gasteiger partial charge in [0.2, 0.25) is 5.91 Å². The second kappa shape index (κ2) is 8.80. The Balaban J connectivity index is 1.67. The van der Waals surface area contributed by atoms with Crippen LogP contribution in [0, 0.1) is 5.82 Å². The number of benzene rings is 2. The molecule has 0 unspecified atom stereocenters. The minimum atomic E-state index is -0.660. The Morgan fingerprint density at radius 1 is 1.09 bits per heavy atom. The van der Waals surface area contributed by atoms with E-state index < -0.39 is 23.0 Å². The van der Waals surface area contributed by atoms with Crippen LogP contribution in [0.5, 0.6) is 0 Å². The SMILES string of the molecule is Cn1cc2c(n1)c(=O)n(Cc1ccc(F)cc1)c(=O)n2CC(=O)NCc1ccccc1Cl. The van der Waals surface area contributed by atoms with E-state index in [0.717, 1.165) is 10.1 Å². The van der Waals surface area contributed by atoms with E-state index in [9.17, 15) is 18.8 Å². The molecule has 0 atom stereocenters. The van der Waals surface area contributed by atoms with Gasteiger partial charge in [-0.15, -0.1) is 0 Å². The second-order valence-electron chi connectivity index (χ2n) is 7.29. The fourth-order valence-electron chi connectivity index (χ4n) is 3.39. The summed E-state index contributed by atoms with van der Waals surface area (Å²) in [6.07, 6.45) is 1.52. The molecule has 0 saturated carbocycles. The topological polar surface area (TPSA) is 90.9 Å². The predicted molar refractivity (Wildman–Crippen MR) is 118 cm³/mol. The number of aromatic nitrogens is 4. The van der Waals surface area contributed by atoms with Gasteiger partial charge < -0.3 is 5.32 Å². The molecule has 164 valence electrons. The molecule has 0 aliphatic rings. The molecule has 4 aromatic rings. The lowest BCUT2D eigenvalue weighted by Gasteiger charge is -2.12. The number of fused-ring (bicyclic) bond motifs is 1. The molecule has 1 amide bonds. The summed E-state index contributed by atoms with van der Waals surface area (Å²) in [5.74, 6) is -0.849. The van der Waals surface area contributed by atoms with E-state index in [1.807, 2.05) is 6.07 Å². The molecule has 2 aromatic heterocycles. The standard InChI is InChI=1S/C22H19ClFN5O3/c1-27-12-18-20(26-27)21(31)29(11-14-6-8-16(24)9-7-14)22(32)28(18)13-19(30)25-10-15-4-2-3-5-17(15)23/h2-9,12H,10-11,13H2,1H3,(H,25,30). The molecule has 0 aliphatic carbocycles. The monoisotopic (exact) mass is 455 g/mol. The molecule has 1 N–H and O–H groups in total. The first-order valence-corrected chi connectivity index (χ1v) is 10.1. The first kappa shape index (κ1) is 21.5. The molecule has 0 aliphatic heterocycles. The molecule has 2 heterocycles. The number of carbonyl (C=O) groups excluding carboxylic acids is 1. The highest BCUT2D eigenvalue weighted by atomic mass is 35.5. The zero-order valence-corrected chi connectivity index (χ0v) is 17.8. The van der Waals surface area contributed by atoms with Crippen LogP contribution in [0.25, 0.3) is 11.0 Å². The van der Waals surface area contributed by atoms with Crippen molar-refractivity contribution in [3.8, 4) is 0 Å². The van der Waals surface area contributed by atoms with Crippen LogP contribution in [0.1, 0.15) is 11.1 Å². The fourth-order valence-corrected chi connectivity index (χ4v) is 3.59. The molecular weight excluding hydrogens is 437 g/mol. The Morgan fingerprint density at radius 3 is 2.53 bits per heavy atom. The molecule has 4 rings (SSSR count). The molecule has 10 heteroatoms. The molecule has 0 spiro atoms. The molecule has 8 nitrogen and oxygen atoms in total. The van der Waals surface area contributed by atoms with Crippen molar-refractivity contribution in [3.05, 3.63) is 97.5 Å². The highest BCUT2D eigenvalue weighted by molar-refractivity contribution is 6.31. The minimum absolute atomic E-state index is 0.0631. The minimum Gasteiger partial charge on any atom is -0.350 e. The maximum absolute atomic E-state index is 13.2. The third-order valence-electron chi connectivity index (χ3n) is 5.00. The van der Waals surface area contributed by atoms with Crippen LogP contribution in [-0.4, -0.2) is 24.8 Å². The molecule has 0 saturated heterocycles. The largest absolute Gasteiger partial charge is 0.350 e. The molecule has 0 bridgehead atoms. The Kier molecular flexibility index (Phi) is 5.91. The number of rotatable bonds is 6. The van der Waals surface area contributed by atoms with Crippen molar-refractivity contribution in [1.29, 1.82) is 0 Å². The van der Waals surface area contributed by atoms with Gasteiger partial charge in [0.15, 0.2) is 5.52 Å². The summed E-state index contributed by atoms with van der Waals surface area (Å²) in [7, 11) is 1.62. The molecular formula is C22H19ClFN5O3. The van der Waals surface area contributed by atoms with Crippen LogP contribution in [0.3, 0.4) is 0 Å². The van der Waals surface area contributed by atoms with E-state index in [2.05, 4.69) is 10.4 Å².